The molecule has 94 heavy (non-hydrogen) atoms. The summed E-state index contributed by atoms with van der Waals surface area (Å²) < 4.78 is 0. The molecule has 0 aliphatic rings. The molecule has 0 saturated carbocycles. The van der Waals surface area contributed by atoms with Crippen molar-refractivity contribution in [2.45, 2.75) is 125 Å². The van der Waals surface area contributed by atoms with E-state index in [0.717, 1.165) is 5.56 Å². The summed E-state index contributed by atoms with van der Waals surface area (Å²) >= 11 is 8.26. The number of aliphatic hydroxyl groups excluding tert-OH is 2. The van der Waals surface area contributed by atoms with Crippen molar-refractivity contribution in [2.75, 3.05) is 57.4 Å². The Labute approximate surface area is 551 Å². The van der Waals surface area contributed by atoms with Gasteiger partial charge in [-0.2, -0.15) is 25.3 Å². The Kier molecular flexibility index (Phi) is 38.0. The molecule has 0 aliphatic heterocycles. The van der Waals surface area contributed by atoms with E-state index in [1.165, 1.54) is 0 Å². The van der Waals surface area contributed by atoms with Gasteiger partial charge in [-0.25, -0.2) is 4.79 Å². The van der Waals surface area contributed by atoms with E-state index in [9.17, 15) is 82.8 Å². The molecule has 11 amide bonds. The number of guanidine groups is 2. The molecule has 0 bridgehead atoms. The van der Waals surface area contributed by atoms with Gasteiger partial charge in [0.15, 0.2) is 11.9 Å². The van der Waals surface area contributed by atoms with Crippen molar-refractivity contribution >= 4 is 114 Å². The van der Waals surface area contributed by atoms with Crippen LogP contribution in [0.3, 0.4) is 0 Å². The van der Waals surface area contributed by atoms with Gasteiger partial charge in [-0.15, -0.1) is 0 Å². The van der Waals surface area contributed by atoms with Gasteiger partial charge in [0.05, 0.1) is 38.8 Å². The highest BCUT2D eigenvalue weighted by Gasteiger charge is 2.35. The summed E-state index contributed by atoms with van der Waals surface area (Å²) in [5.41, 5.74) is 34.3. The van der Waals surface area contributed by atoms with Crippen LogP contribution < -0.4 is 92.9 Å². The van der Waals surface area contributed by atoms with Gasteiger partial charge < -0.3 is 113 Å². The maximum atomic E-state index is 13.7. The van der Waals surface area contributed by atoms with Gasteiger partial charge in [-0.05, 0) is 69.0 Å². The number of aliphatic hydroxyl groups is 2. The maximum absolute atomic E-state index is 13.7. The quantitative estimate of drug-likeness (QED) is 0.0127. The summed E-state index contributed by atoms with van der Waals surface area (Å²) in [6, 6.07) is 1.50. The lowest BCUT2D eigenvalue weighted by molar-refractivity contribution is -0.142. The van der Waals surface area contributed by atoms with E-state index in [0.29, 0.717) is 12.0 Å². The number of carbonyl (C=O) groups is 13. The van der Waals surface area contributed by atoms with Crippen LogP contribution in [0.25, 0.3) is 0 Å². The fourth-order valence-corrected chi connectivity index (χ4v) is 8.97. The van der Waals surface area contributed by atoms with Gasteiger partial charge in [0, 0.05) is 31.0 Å². The zero-order chi connectivity index (χ0) is 70.3. The predicted octanol–water partition coefficient (Wildman–Crippen LogP) is -8.97. The third-order valence-electron chi connectivity index (χ3n) is 13.4. The number of hydrogen-bond donors (Lipinski definition) is 23. The number of carboxylic acid groups (broad SMARTS) is 2. The second-order valence-corrected chi connectivity index (χ2v) is 21.7. The van der Waals surface area contributed by atoms with Crippen molar-refractivity contribution in [3.05, 3.63) is 71.8 Å². The summed E-state index contributed by atoms with van der Waals surface area (Å²) in [7, 11) is 0. The van der Waals surface area contributed by atoms with Crippen LogP contribution in [0, 0.1) is 0 Å². The molecule has 2 rings (SSSR count). The molecule has 10 atom stereocenters. The summed E-state index contributed by atoms with van der Waals surface area (Å²) in [5, 5.41) is 65.2. The zero-order valence-electron chi connectivity index (χ0n) is 51.3. The summed E-state index contributed by atoms with van der Waals surface area (Å²) in [6.45, 7) is -3.62. The average molecular weight is 1360 g/mol. The minimum atomic E-state index is -1.86. The van der Waals surface area contributed by atoms with Crippen LogP contribution in [0.4, 0.5) is 0 Å². The van der Waals surface area contributed by atoms with Crippen molar-refractivity contribution < 1.29 is 82.8 Å². The van der Waals surface area contributed by atoms with Gasteiger partial charge >= 0.3 is 11.9 Å². The van der Waals surface area contributed by atoms with Crippen LogP contribution in [0.2, 0.25) is 0 Å². The monoisotopic (exact) mass is 1360 g/mol. The minimum absolute atomic E-state index is 0.0287. The van der Waals surface area contributed by atoms with E-state index >= 15 is 0 Å². The van der Waals surface area contributed by atoms with Crippen molar-refractivity contribution in [2.24, 2.45) is 44.4 Å². The molecule has 0 fully saturated rings. The molecule has 38 heteroatoms. The second kappa shape index (κ2) is 44.2. The van der Waals surface area contributed by atoms with Crippen molar-refractivity contribution in [3.8, 4) is 0 Å². The molecule has 0 radical (unpaired) electrons. The molecule has 27 N–H and O–H groups in total. The second-order valence-electron chi connectivity index (χ2n) is 20.9. The van der Waals surface area contributed by atoms with Crippen LogP contribution in [0.1, 0.15) is 62.5 Å². The van der Waals surface area contributed by atoms with Gasteiger partial charge in [-0.1, -0.05) is 60.7 Å². The first-order valence-electron chi connectivity index (χ1n) is 29.5. The smallest absolute Gasteiger partial charge is 0.326 e. The first-order valence-corrected chi connectivity index (χ1v) is 30.7. The number of unbranched alkanes of at least 4 members (excludes halogenated alkanes) is 1. The Morgan fingerprint density at radius 2 is 0.787 bits per heavy atom. The van der Waals surface area contributed by atoms with Crippen molar-refractivity contribution in [3.63, 3.8) is 0 Å². The number of aliphatic carboxylic acids is 2. The number of nitrogens with one attached hydrogen (secondary N) is 11. The van der Waals surface area contributed by atoms with Crippen molar-refractivity contribution in [1.82, 2.24) is 58.5 Å². The zero-order valence-corrected chi connectivity index (χ0v) is 53.1. The van der Waals surface area contributed by atoms with Crippen LogP contribution in [-0.4, -0.2) is 227 Å². The van der Waals surface area contributed by atoms with Gasteiger partial charge in [-0.3, -0.25) is 67.5 Å². The van der Waals surface area contributed by atoms with E-state index in [-0.39, 0.29) is 88.7 Å². The topological polar surface area (TPSA) is 616 Å². The molecule has 0 saturated heterocycles. The van der Waals surface area contributed by atoms with E-state index in [1.54, 1.807) is 60.7 Å². The molecule has 0 heterocycles. The number of carboxylic acids is 2. The van der Waals surface area contributed by atoms with Crippen LogP contribution in [-0.2, 0) is 75.2 Å². The molecular weight excluding hydrogens is 1270 g/mol. The third kappa shape index (κ3) is 31.8. The minimum Gasteiger partial charge on any atom is -0.481 e. The lowest BCUT2D eigenvalue weighted by Gasteiger charge is -2.25. The molecule has 0 spiro atoms. The lowest BCUT2D eigenvalue weighted by atomic mass is 10.0. The first-order chi connectivity index (χ1) is 44.7. The Morgan fingerprint density at radius 1 is 0.426 bits per heavy atom. The molecular formula is C56H87N19O17S2. The molecule has 0 unspecified atom stereocenters. The summed E-state index contributed by atoms with van der Waals surface area (Å²) in [4.78, 5) is 179. The Morgan fingerprint density at radius 3 is 1.26 bits per heavy atom. The standard InChI is InChI=1S/C56H87N19O17S2/c57-18-8-7-15-33(46(83)65-24-42(78)67-34(16-9-19-63-55(59)60)48(85)70-35(54(91)92)17-10-20-64-56(61)62)69-52(89)41(29-94)75-51(88)39(27-77)73-50(87)38(26-76)68-43(79)25-66-47(84)36(22-31-13-5-2-6-14-31)71-49(86)37(23-44(80)81)72-53(90)40(28-93)74-45(82)32(58)21-30-11-3-1-4-12-30/h1-6,11-14,32-41,76-77,93-94H,7-10,15-29,57-58H2,(H,65,83)(H,66,84)(H,67,78)(H,68,79)(H,69,89)(H,70,85)(H,71,86)(H,72,90)(H,73,87)(H,74,82)(H,75,88)(H,80,81)(H,91,92)(H4,59,60,63)(H4,61,62,64)/t32-,33-,34-,35-,36-,37-,38-,39-,40-,41-/m0/s1. The van der Waals surface area contributed by atoms with Crippen LogP contribution in [0.15, 0.2) is 70.6 Å². The molecule has 0 aliphatic carbocycles. The number of thiol groups is 2. The highest BCUT2D eigenvalue weighted by molar-refractivity contribution is 7.80. The fraction of sp³-hybridized carbons (Fsp3) is 0.518. The van der Waals surface area contributed by atoms with E-state index in [4.69, 9.17) is 34.4 Å². The Hall–Kier alpha value is -9.37. The summed E-state index contributed by atoms with van der Waals surface area (Å²) in [5.74, 6) is -15.4. The van der Waals surface area contributed by atoms with E-state index < -0.39 is 176 Å². The molecule has 2 aromatic carbocycles. The number of nitrogens with two attached hydrogens (primary N) is 6. The lowest BCUT2D eigenvalue weighted by Crippen LogP contribution is -2.60. The van der Waals surface area contributed by atoms with Gasteiger partial charge in [0.2, 0.25) is 65.0 Å². The average Bonchev–Trinajstić information content (AvgIpc) is 1.08. The van der Waals surface area contributed by atoms with Crippen molar-refractivity contribution in [1.29, 1.82) is 0 Å². The van der Waals surface area contributed by atoms with Crippen LogP contribution in [0.5, 0.6) is 0 Å². The van der Waals surface area contributed by atoms with Crippen LogP contribution >= 0.6 is 25.3 Å². The van der Waals surface area contributed by atoms with Gasteiger partial charge in [0.1, 0.15) is 54.4 Å². The molecule has 36 nitrogen and oxygen atoms in total. The highest BCUT2D eigenvalue weighted by Crippen LogP contribution is 2.09. The number of carbonyl (C=O) groups excluding carboxylic acids is 11. The first kappa shape index (κ1) is 80.7. The van der Waals surface area contributed by atoms with E-state index in [1.807, 2.05) is 0 Å². The van der Waals surface area contributed by atoms with E-state index in [2.05, 4.69) is 93.7 Å². The number of nitrogens with zero attached hydrogens (tertiary/aromatic N) is 2. The molecule has 520 valence electrons. The maximum Gasteiger partial charge on any atom is 0.326 e. The summed E-state index contributed by atoms with van der Waals surface area (Å²) in [6.07, 6.45) is -0.423. The molecule has 2 aromatic rings. The number of hydrogen-bond acceptors (Lipinski definition) is 21. The Balaban J connectivity index is 2.14. The normalized spacial score (nSPS) is 14.0. The highest BCUT2D eigenvalue weighted by atomic mass is 32.1. The number of aliphatic imine (C=N–C) groups is 2. The predicted molar refractivity (Wildman–Crippen MR) is 346 cm³/mol. The molecule has 0 aromatic heterocycles. The number of amides is 11. The largest absolute Gasteiger partial charge is 0.481 e. The third-order valence-corrected chi connectivity index (χ3v) is 14.2. The SMILES string of the molecule is NCCCC[C@H](NC(=O)[C@H](CS)NC(=O)[C@H](CO)NC(=O)[C@H](CO)NC(=O)CNC(=O)[C@H](Cc1ccccc1)NC(=O)[C@H](CC(=O)O)NC(=O)[C@H](CS)NC(=O)[C@@H](N)Cc1ccccc1)C(=O)NCC(=O)N[C@@H](CCCN=C(N)N)C(=O)N[C@@H](CCCN=C(N)N)C(=O)O. The Bertz CT molecular complexity index is 2910. The number of benzene rings is 2. The number of rotatable bonds is 45. The van der Waals surface area contributed by atoms with Gasteiger partial charge in [0.25, 0.3) is 0 Å². The fourth-order valence-electron chi connectivity index (χ4n) is 8.46.